The van der Waals surface area contributed by atoms with E-state index < -0.39 is 5.91 Å². The molecule has 0 aliphatic rings. The lowest BCUT2D eigenvalue weighted by Crippen LogP contribution is -2.10. The Balaban J connectivity index is 1.79. The molecule has 0 fully saturated rings. The largest absolute Gasteiger partial charge is 0.497 e. The van der Waals surface area contributed by atoms with Crippen molar-refractivity contribution in [3.8, 4) is 23.1 Å². The van der Waals surface area contributed by atoms with E-state index >= 15 is 0 Å². The Kier molecular flexibility index (Phi) is 5.50. The van der Waals surface area contributed by atoms with Crippen LogP contribution in [-0.4, -0.2) is 18.0 Å². The van der Waals surface area contributed by atoms with E-state index in [1.54, 1.807) is 37.6 Å². The topological polar surface area (TPSA) is 101 Å². The number of primary amides is 1. The van der Waals surface area contributed by atoms with Gasteiger partial charge in [-0.25, -0.2) is 4.98 Å². The Hall–Kier alpha value is -3.63. The maximum Gasteiger partial charge on any atom is 0.248 e. The number of hydrogen-bond acceptors (Lipinski definition) is 6. The molecule has 0 saturated carbocycles. The number of thiazole rings is 1. The highest BCUT2D eigenvalue weighted by molar-refractivity contribution is 7.11. The van der Waals surface area contributed by atoms with Crippen molar-refractivity contribution >= 4 is 28.5 Å². The minimum atomic E-state index is -0.484. The molecule has 0 aliphatic heterocycles. The first-order valence-corrected chi connectivity index (χ1v) is 8.85. The first-order chi connectivity index (χ1) is 13.1. The third kappa shape index (κ3) is 4.32. The molecule has 2 aromatic carbocycles. The van der Waals surface area contributed by atoms with Crippen LogP contribution in [0.2, 0.25) is 0 Å². The van der Waals surface area contributed by atoms with Crippen LogP contribution in [-0.2, 0) is 0 Å². The van der Waals surface area contributed by atoms with E-state index in [1.165, 1.54) is 11.3 Å². The molecule has 0 unspecified atom stereocenters. The van der Waals surface area contributed by atoms with Gasteiger partial charge in [0.25, 0.3) is 0 Å². The van der Waals surface area contributed by atoms with Crippen LogP contribution in [0.5, 0.6) is 5.75 Å². The van der Waals surface area contributed by atoms with Gasteiger partial charge in [0.05, 0.1) is 12.8 Å². The summed E-state index contributed by atoms with van der Waals surface area (Å²) in [6, 6.07) is 16.4. The van der Waals surface area contributed by atoms with Crippen molar-refractivity contribution in [2.24, 2.45) is 5.73 Å². The second kappa shape index (κ2) is 8.17. The number of amides is 1. The smallest absolute Gasteiger partial charge is 0.248 e. The van der Waals surface area contributed by atoms with Gasteiger partial charge >= 0.3 is 0 Å². The monoisotopic (exact) mass is 376 g/mol. The van der Waals surface area contributed by atoms with E-state index in [1.807, 2.05) is 29.6 Å². The van der Waals surface area contributed by atoms with Crippen LogP contribution in [0.25, 0.3) is 16.8 Å². The molecule has 1 aromatic heterocycles. The number of aromatic nitrogens is 1. The normalized spacial score (nSPS) is 10.9. The molecule has 6 nitrogen and oxygen atoms in total. The standard InChI is InChI=1S/C20H16N4O2S/c1-26-17-4-2-3-14(9-17)18-12-27-20(24-18)15(10-21)11-23-16-7-5-13(6-8-16)19(22)25/h2-9,11-12,23H,1H3,(H2,22,25). The molecule has 7 heteroatoms. The lowest BCUT2D eigenvalue weighted by Gasteiger charge is -2.03. The summed E-state index contributed by atoms with van der Waals surface area (Å²) in [5.74, 6) is 0.266. The number of benzene rings is 2. The summed E-state index contributed by atoms with van der Waals surface area (Å²) in [7, 11) is 1.61. The van der Waals surface area contributed by atoms with Crippen LogP contribution in [0.4, 0.5) is 5.69 Å². The van der Waals surface area contributed by atoms with Crippen LogP contribution < -0.4 is 15.8 Å². The molecule has 27 heavy (non-hydrogen) atoms. The van der Waals surface area contributed by atoms with Gasteiger partial charge < -0.3 is 15.8 Å². The zero-order chi connectivity index (χ0) is 19.2. The Morgan fingerprint density at radius 1 is 1.30 bits per heavy atom. The highest BCUT2D eigenvalue weighted by Gasteiger charge is 2.09. The van der Waals surface area contributed by atoms with Gasteiger partial charge in [-0.15, -0.1) is 11.3 Å². The van der Waals surface area contributed by atoms with Crippen molar-refractivity contribution in [1.82, 2.24) is 4.98 Å². The number of carbonyl (C=O) groups is 1. The van der Waals surface area contributed by atoms with Crippen molar-refractivity contribution in [2.45, 2.75) is 0 Å². The van der Waals surface area contributed by atoms with E-state index in [-0.39, 0.29) is 0 Å². The van der Waals surface area contributed by atoms with Gasteiger partial charge in [-0.2, -0.15) is 5.26 Å². The van der Waals surface area contributed by atoms with Gasteiger partial charge in [-0.3, -0.25) is 4.79 Å². The summed E-state index contributed by atoms with van der Waals surface area (Å²) in [6.07, 6.45) is 1.59. The van der Waals surface area contributed by atoms with Crippen LogP contribution in [0.3, 0.4) is 0 Å². The summed E-state index contributed by atoms with van der Waals surface area (Å²) in [5, 5.41) is 15.0. The Morgan fingerprint density at radius 3 is 2.74 bits per heavy atom. The van der Waals surface area contributed by atoms with Crippen molar-refractivity contribution in [3.05, 3.63) is 70.7 Å². The number of nitrogens with one attached hydrogen (secondary N) is 1. The molecule has 3 rings (SSSR count). The average molecular weight is 376 g/mol. The molecule has 134 valence electrons. The zero-order valence-electron chi connectivity index (χ0n) is 14.5. The maximum atomic E-state index is 11.1. The van der Waals surface area contributed by atoms with Gasteiger partial charge in [0.2, 0.25) is 5.91 Å². The summed E-state index contributed by atoms with van der Waals surface area (Å²) in [5.41, 5.74) is 8.49. The van der Waals surface area contributed by atoms with Gasteiger partial charge in [0, 0.05) is 28.4 Å². The molecule has 0 bridgehead atoms. The zero-order valence-corrected chi connectivity index (χ0v) is 15.3. The fourth-order valence-electron chi connectivity index (χ4n) is 2.34. The number of carbonyl (C=O) groups excluding carboxylic acids is 1. The number of allylic oxidation sites excluding steroid dienone is 1. The third-order valence-electron chi connectivity index (χ3n) is 3.77. The quantitative estimate of drug-likeness (QED) is 0.636. The Bertz CT molecular complexity index is 1030. The van der Waals surface area contributed by atoms with Gasteiger partial charge in [-0.1, -0.05) is 12.1 Å². The summed E-state index contributed by atoms with van der Waals surface area (Å²) in [6.45, 7) is 0. The minimum absolute atomic E-state index is 0.410. The number of methoxy groups -OCH3 is 1. The third-order valence-corrected chi connectivity index (χ3v) is 4.65. The fraction of sp³-hybridized carbons (Fsp3) is 0.0500. The lowest BCUT2D eigenvalue weighted by molar-refractivity contribution is 0.100. The summed E-state index contributed by atoms with van der Waals surface area (Å²) in [4.78, 5) is 15.6. The number of nitriles is 1. The van der Waals surface area contributed by atoms with Crippen LogP contribution in [0.15, 0.2) is 60.1 Å². The van der Waals surface area contributed by atoms with E-state index in [4.69, 9.17) is 10.5 Å². The van der Waals surface area contributed by atoms with Gasteiger partial charge in [0.15, 0.2) is 0 Å². The second-order valence-corrected chi connectivity index (χ2v) is 6.38. The maximum absolute atomic E-state index is 11.1. The van der Waals surface area contributed by atoms with Crippen LogP contribution in [0, 0.1) is 11.3 Å². The van der Waals surface area contributed by atoms with E-state index in [2.05, 4.69) is 16.4 Å². The van der Waals surface area contributed by atoms with Crippen molar-refractivity contribution in [1.29, 1.82) is 5.26 Å². The molecule has 1 amide bonds. The molecule has 3 aromatic rings. The number of rotatable bonds is 6. The molecule has 0 radical (unpaired) electrons. The fourth-order valence-corrected chi connectivity index (χ4v) is 3.14. The van der Waals surface area contributed by atoms with Crippen molar-refractivity contribution < 1.29 is 9.53 Å². The number of anilines is 1. The molecular formula is C20H16N4O2S. The van der Waals surface area contributed by atoms with E-state index in [0.29, 0.717) is 16.1 Å². The molecule has 0 spiro atoms. The SMILES string of the molecule is COc1cccc(-c2csc(C(C#N)=CNc3ccc(C(N)=O)cc3)n2)c1. The van der Waals surface area contributed by atoms with Crippen molar-refractivity contribution in [3.63, 3.8) is 0 Å². The van der Waals surface area contributed by atoms with Crippen LogP contribution >= 0.6 is 11.3 Å². The van der Waals surface area contributed by atoms with Gasteiger partial charge in [0.1, 0.15) is 22.4 Å². The summed E-state index contributed by atoms with van der Waals surface area (Å²) >= 11 is 1.39. The first-order valence-electron chi connectivity index (χ1n) is 7.97. The highest BCUT2D eigenvalue weighted by atomic mass is 32.1. The number of nitrogens with zero attached hydrogens (tertiary/aromatic N) is 2. The number of nitrogens with two attached hydrogens (primary N) is 1. The highest BCUT2D eigenvalue weighted by Crippen LogP contribution is 2.28. The second-order valence-electron chi connectivity index (χ2n) is 5.53. The average Bonchev–Trinajstić information content (AvgIpc) is 3.19. The predicted molar refractivity (Wildman–Crippen MR) is 106 cm³/mol. The molecule has 3 N–H and O–H groups in total. The van der Waals surface area contributed by atoms with E-state index in [0.717, 1.165) is 22.7 Å². The minimum Gasteiger partial charge on any atom is -0.497 e. The molecule has 0 aliphatic carbocycles. The molecule has 1 heterocycles. The Morgan fingerprint density at radius 2 is 2.07 bits per heavy atom. The summed E-state index contributed by atoms with van der Waals surface area (Å²) < 4.78 is 5.24. The van der Waals surface area contributed by atoms with E-state index in [9.17, 15) is 10.1 Å². The van der Waals surface area contributed by atoms with Gasteiger partial charge in [-0.05, 0) is 36.4 Å². The Labute approximate surface area is 160 Å². The number of hydrogen-bond donors (Lipinski definition) is 2. The molecular weight excluding hydrogens is 360 g/mol. The van der Waals surface area contributed by atoms with Crippen molar-refractivity contribution in [2.75, 3.05) is 12.4 Å². The first kappa shape index (κ1) is 18.2. The predicted octanol–water partition coefficient (Wildman–Crippen LogP) is 3.89. The molecule has 0 atom stereocenters. The molecule has 0 saturated heterocycles. The number of ether oxygens (including phenoxy) is 1. The lowest BCUT2D eigenvalue weighted by atomic mass is 10.1. The van der Waals surface area contributed by atoms with Crippen LogP contribution in [0.1, 0.15) is 15.4 Å².